The lowest BCUT2D eigenvalue weighted by atomic mass is 9.31. The van der Waals surface area contributed by atoms with Crippen molar-refractivity contribution in [2.45, 2.75) is 0 Å². The van der Waals surface area contributed by atoms with Gasteiger partial charge in [0.25, 0.3) is 13.4 Å². The van der Waals surface area contributed by atoms with Crippen LogP contribution in [0.5, 0.6) is 46.0 Å². The number of rotatable bonds is 2. The van der Waals surface area contributed by atoms with E-state index in [2.05, 4.69) is 191 Å². The second-order valence-electron chi connectivity index (χ2n) is 16.7. The van der Waals surface area contributed by atoms with Crippen molar-refractivity contribution in [3.05, 3.63) is 182 Å². The van der Waals surface area contributed by atoms with E-state index in [0.717, 1.165) is 134 Å². The molecule has 0 aliphatic carbocycles. The van der Waals surface area contributed by atoms with E-state index in [9.17, 15) is 0 Å². The van der Waals surface area contributed by atoms with Crippen molar-refractivity contribution in [3.8, 4) is 57.4 Å². The fraction of sp³-hybridized carbons (Fsp3) is 0. The van der Waals surface area contributed by atoms with Gasteiger partial charge in [0, 0.05) is 51.3 Å². The number of benzene rings is 9. The van der Waals surface area contributed by atoms with Crippen molar-refractivity contribution < 1.29 is 18.9 Å². The van der Waals surface area contributed by atoms with Crippen molar-refractivity contribution >= 4 is 89.8 Å². The molecule has 9 aromatic carbocycles. The number of hydrogen-bond donors (Lipinski definition) is 0. The maximum Gasteiger partial charge on any atom is 0.260 e. The van der Waals surface area contributed by atoms with Crippen molar-refractivity contribution in [2.24, 2.45) is 0 Å². The number of ether oxygens (including phenoxy) is 4. The Morgan fingerprint density at radius 3 is 1.27 bits per heavy atom. The minimum absolute atomic E-state index is 0.149. The Bertz CT molecular complexity index is 3760. The third kappa shape index (κ3) is 4.16. The van der Waals surface area contributed by atoms with Gasteiger partial charge in [-0.25, -0.2) is 0 Å². The Morgan fingerprint density at radius 1 is 0.306 bits per heavy atom. The molecule has 0 amide bonds. The van der Waals surface area contributed by atoms with Gasteiger partial charge in [0.2, 0.25) is 0 Å². The number of aromatic nitrogens is 2. The first-order valence-corrected chi connectivity index (χ1v) is 21.1. The molecule has 11 aromatic rings. The molecule has 0 atom stereocenters. The lowest BCUT2D eigenvalue weighted by molar-refractivity contribution is 0.455. The van der Waals surface area contributed by atoms with E-state index < -0.39 is 0 Å². The smallest absolute Gasteiger partial charge is 0.260 e. The van der Waals surface area contributed by atoms with Crippen LogP contribution in [0.1, 0.15) is 0 Å². The molecule has 62 heavy (non-hydrogen) atoms. The maximum absolute atomic E-state index is 7.32. The average molecular weight is 792 g/mol. The molecule has 286 valence electrons. The second-order valence-corrected chi connectivity index (χ2v) is 16.7. The third-order valence-corrected chi connectivity index (χ3v) is 13.5. The van der Waals surface area contributed by atoms with Crippen molar-refractivity contribution in [1.29, 1.82) is 0 Å². The Balaban J connectivity index is 1.01. The van der Waals surface area contributed by atoms with Gasteiger partial charge in [-0.3, -0.25) is 0 Å². The molecular formula is C54H30B2N2O4. The predicted molar refractivity (Wildman–Crippen MR) is 250 cm³/mol. The molecule has 0 N–H and O–H groups in total. The second kappa shape index (κ2) is 11.8. The molecule has 0 fully saturated rings. The third-order valence-electron chi connectivity index (χ3n) is 13.5. The molecule has 0 bridgehead atoms. The first-order chi connectivity index (χ1) is 30.8. The quantitative estimate of drug-likeness (QED) is 0.164. The maximum atomic E-state index is 7.32. The van der Waals surface area contributed by atoms with Crippen LogP contribution in [0.2, 0.25) is 0 Å². The summed E-state index contributed by atoms with van der Waals surface area (Å²) in [5.74, 6) is 6.49. The largest absolute Gasteiger partial charge is 0.458 e. The van der Waals surface area contributed by atoms with E-state index in [1.54, 1.807) is 0 Å². The summed E-state index contributed by atoms with van der Waals surface area (Å²) in [7, 11) is 0. The summed E-state index contributed by atoms with van der Waals surface area (Å²) in [5.41, 5.74) is 12.9. The van der Waals surface area contributed by atoms with Crippen LogP contribution in [0.25, 0.3) is 55.0 Å². The molecule has 15 rings (SSSR count). The lowest BCUT2D eigenvalue weighted by Crippen LogP contribution is -2.61. The number of para-hydroxylation sites is 6. The van der Waals surface area contributed by atoms with Gasteiger partial charge in [0.1, 0.15) is 46.0 Å². The Morgan fingerprint density at radius 2 is 0.726 bits per heavy atom. The highest BCUT2D eigenvalue weighted by atomic mass is 16.5. The highest BCUT2D eigenvalue weighted by Gasteiger charge is 2.46. The molecule has 4 aliphatic rings. The molecule has 0 spiro atoms. The van der Waals surface area contributed by atoms with Crippen molar-refractivity contribution in [3.63, 3.8) is 0 Å². The normalized spacial score (nSPS) is 13.6. The van der Waals surface area contributed by atoms with Crippen LogP contribution >= 0.6 is 0 Å². The number of hydrogen-bond acceptors (Lipinski definition) is 4. The van der Waals surface area contributed by atoms with Gasteiger partial charge in [0.05, 0.1) is 32.8 Å². The summed E-state index contributed by atoms with van der Waals surface area (Å²) in [5, 5.41) is 4.39. The molecule has 4 aliphatic heterocycles. The van der Waals surface area contributed by atoms with E-state index in [4.69, 9.17) is 18.9 Å². The first-order valence-electron chi connectivity index (χ1n) is 21.1. The van der Waals surface area contributed by atoms with Gasteiger partial charge in [-0.2, -0.15) is 0 Å². The van der Waals surface area contributed by atoms with Gasteiger partial charge < -0.3 is 28.1 Å². The molecule has 0 saturated heterocycles. The number of fused-ring (bicyclic) bond motifs is 16. The van der Waals surface area contributed by atoms with Gasteiger partial charge in [0.15, 0.2) is 0 Å². The van der Waals surface area contributed by atoms with Crippen LogP contribution in [-0.2, 0) is 0 Å². The molecule has 0 radical (unpaired) electrons. The standard InChI is InChI=1S/C54H30B2N2O4/c1-3-15-31(16-4-1)57-40-24-12-8-20-34(40)50-41(57)28-47-51-54(50)62-46-30-45-37(27-38(46)55(51)35-21-9-13-25-43(35)59-47)56-36-22-10-14-26-44(36)61-53-49-33-19-7-11-23-39(33)58(32-17-5-2-6-18-32)42(49)29-48(60-45)52(53)56/h1-30H. The fourth-order valence-electron chi connectivity index (χ4n) is 11.1. The van der Waals surface area contributed by atoms with Gasteiger partial charge in [-0.05, 0) is 70.4 Å². The Kier molecular flexibility index (Phi) is 6.23. The van der Waals surface area contributed by atoms with E-state index in [-0.39, 0.29) is 13.4 Å². The monoisotopic (exact) mass is 792 g/mol. The van der Waals surface area contributed by atoms with Crippen LogP contribution in [0.3, 0.4) is 0 Å². The molecule has 2 aromatic heterocycles. The molecule has 6 nitrogen and oxygen atoms in total. The fourth-order valence-corrected chi connectivity index (χ4v) is 11.1. The van der Waals surface area contributed by atoms with Gasteiger partial charge in [-0.15, -0.1) is 0 Å². The van der Waals surface area contributed by atoms with E-state index >= 15 is 0 Å². The summed E-state index contributed by atoms with van der Waals surface area (Å²) in [4.78, 5) is 0. The molecule has 0 saturated carbocycles. The van der Waals surface area contributed by atoms with Crippen molar-refractivity contribution in [1.82, 2.24) is 9.13 Å². The summed E-state index contributed by atoms with van der Waals surface area (Å²) < 4.78 is 33.1. The molecule has 0 unspecified atom stereocenters. The first kappa shape index (κ1) is 32.7. The topological polar surface area (TPSA) is 46.8 Å². The zero-order valence-corrected chi connectivity index (χ0v) is 33.0. The van der Waals surface area contributed by atoms with Crippen LogP contribution in [-0.4, -0.2) is 22.6 Å². The SMILES string of the molecule is c1ccc(-n2c3ccccc3c3c4c5c(cc32)Oc2cc3c(cc2B5c2ccccc2O4)B2c4ccccc4Oc4cc5c(c(c42)O3)c2ccccc2n5-c2ccccc2)cc1. The summed E-state index contributed by atoms with van der Waals surface area (Å²) in [6.45, 7) is -0.297. The molecule has 6 heterocycles. The summed E-state index contributed by atoms with van der Waals surface area (Å²) in [6.07, 6.45) is 0. The summed E-state index contributed by atoms with van der Waals surface area (Å²) >= 11 is 0. The van der Waals surface area contributed by atoms with Crippen LogP contribution in [0.15, 0.2) is 182 Å². The van der Waals surface area contributed by atoms with Gasteiger partial charge in [-0.1, -0.05) is 115 Å². The van der Waals surface area contributed by atoms with Crippen molar-refractivity contribution in [2.75, 3.05) is 0 Å². The lowest BCUT2D eigenvalue weighted by Gasteiger charge is -2.37. The minimum Gasteiger partial charge on any atom is -0.458 e. The van der Waals surface area contributed by atoms with Crippen LogP contribution in [0, 0.1) is 0 Å². The van der Waals surface area contributed by atoms with E-state index in [0.29, 0.717) is 0 Å². The van der Waals surface area contributed by atoms with Crippen LogP contribution < -0.4 is 51.7 Å². The Labute approximate surface area is 355 Å². The summed E-state index contributed by atoms with van der Waals surface area (Å²) in [6, 6.07) is 64.1. The highest BCUT2D eigenvalue weighted by molar-refractivity contribution is 7.01. The minimum atomic E-state index is -0.149. The highest BCUT2D eigenvalue weighted by Crippen LogP contribution is 2.48. The molecular weight excluding hydrogens is 762 g/mol. The van der Waals surface area contributed by atoms with Crippen LogP contribution in [0.4, 0.5) is 0 Å². The Hall–Kier alpha value is -8.09. The molecule has 8 heteroatoms. The van der Waals surface area contributed by atoms with E-state index in [1.165, 1.54) is 0 Å². The zero-order chi connectivity index (χ0) is 40.2. The number of nitrogens with zero attached hydrogens (tertiary/aromatic N) is 2. The predicted octanol–water partition coefficient (Wildman–Crippen LogP) is 9.34. The van der Waals surface area contributed by atoms with E-state index in [1.807, 2.05) is 0 Å². The van der Waals surface area contributed by atoms with Gasteiger partial charge >= 0.3 is 0 Å². The average Bonchev–Trinajstić information content (AvgIpc) is 3.84. The zero-order valence-electron chi connectivity index (χ0n) is 33.0.